The van der Waals surface area contributed by atoms with Crippen LogP contribution in [0.3, 0.4) is 0 Å². The van der Waals surface area contributed by atoms with E-state index in [2.05, 4.69) is 55.6 Å². The maximum atomic E-state index is 11.9. The molecule has 0 unspecified atom stereocenters. The summed E-state index contributed by atoms with van der Waals surface area (Å²) >= 11 is 1.73. The second kappa shape index (κ2) is 8.64. The minimum Gasteiger partial charge on any atom is -0.355 e. The van der Waals surface area contributed by atoms with Gasteiger partial charge < -0.3 is 5.32 Å². The van der Waals surface area contributed by atoms with Gasteiger partial charge in [-0.05, 0) is 30.5 Å². The summed E-state index contributed by atoms with van der Waals surface area (Å²) in [6, 6.07) is 18.7. The molecule has 2 nitrogen and oxygen atoms in total. The summed E-state index contributed by atoms with van der Waals surface area (Å²) in [6.45, 7) is 4.91. The number of hydrogen-bond donors (Lipinski definition) is 1. The predicted octanol–water partition coefficient (Wildman–Crippen LogP) is 4.40. The van der Waals surface area contributed by atoms with E-state index in [0.29, 0.717) is 18.9 Å². The van der Waals surface area contributed by atoms with Crippen molar-refractivity contribution >= 4 is 17.7 Å². The number of rotatable bonds is 7. The van der Waals surface area contributed by atoms with Crippen LogP contribution in [0, 0.1) is 6.92 Å². The van der Waals surface area contributed by atoms with Crippen LogP contribution in [0.25, 0.3) is 0 Å². The summed E-state index contributed by atoms with van der Waals surface area (Å²) in [4.78, 5) is 13.1. The van der Waals surface area contributed by atoms with Crippen molar-refractivity contribution < 1.29 is 4.79 Å². The van der Waals surface area contributed by atoms with E-state index in [1.54, 1.807) is 11.8 Å². The first-order valence-corrected chi connectivity index (χ1v) is 8.65. The maximum Gasteiger partial charge on any atom is 0.220 e. The van der Waals surface area contributed by atoms with Crippen LogP contribution >= 0.6 is 11.8 Å². The molecule has 2 aromatic rings. The molecule has 2 rings (SSSR count). The lowest BCUT2D eigenvalue weighted by Gasteiger charge is -2.13. The zero-order valence-corrected chi connectivity index (χ0v) is 14.0. The van der Waals surface area contributed by atoms with Crippen molar-refractivity contribution in [1.82, 2.24) is 5.32 Å². The van der Waals surface area contributed by atoms with E-state index in [-0.39, 0.29) is 5.91 Å². The van der Waals surface area contributed by atoms with Crippen molar-refractivity contribution in [2.45, 2.75) is 31.1 Å². The standard InChI is InChI=1S/C19H23NOS/c1-15-8-10-18(11-9-15)22-13-12-19(21)20-14-16(2)17-6-4-3-5-7-17/h3-11,16H,12-14H2,1-2H3,(H,20,21)/t16-/m1/s1. The van der Waals surface area contributed by atoms with E-state index in [4.69, 9.17) is 0 Å². The van der Waals surface area contributed by atoms with Crippen LogP contribution in [0.4, 0.5) is 0 Å². The summed E-state index contributed by atoms with van der Waals surface area (Å²) < 4.78 is 0. The molecule has 0 fully saturated rings. The fourth-order valence-electron chi connectivity index (χ4n) is 2.15. The van der Waals surface area contributed by atoms with Crippen molar-refractivity contribution in [1.29, 1.82) is 0 Å². The van der Waals surface area contributed by atoms with Crippen molar-refractivity contribution in [2.75, 3.05) is 12.3 Å². The lowest BCUT2D eigenvalue weighted by atomic mass is 10.0. The molecule has 0 heterocycles. The summed E-state index contributed by atoms with van der Waals surface area (Å²) in [6.07, 6.45) is 0.556. The Bertz CT molecular complexity index is 580. The second-order valence-corrected chi connectivity index (χ2v) is 6.70. The fraction of sp³-hybridized carbons (Fsp3) is 0.316. The van der Waals surface area contributed by atoms with Crippen LogP contribution in [0.5, 0.6) is 0 Å². The molecule has 1 N–H and O–H groups in total. The van der Waals surface area contributed by atoms with Crippen LogP contribution < -0.4 is 5.32 Å². The molecule has 0 aliphatic carbocycles. The van der Waals surface area contributed by atoms with Gasteiger partial charge in [0.05, 0.1) is 0 Å². The molecular formula is C19H23NOS. The number of thioether (sulfide) groups is 1. The van der Waals surface area contributed by atoms with Gasteiger partial charge in [0.25, 0.3) is 0 Å². The zero-order valence-electron chi connectivity index (χ0n) is 13.2. The van der Waals surface area contributed by atoms with Crippen LogP contribution in [0.15, 0.2) is 59.5 Å². The van der Waals surface area contributed by atoms with Gasteiger partial charge in [0.1, 0.15) is 0 Å². The van der Waals surface area contributed by atoms with Gasteiger partial charge >= 0.3 is 0 Å². The lowest BCUT2D eigenvalue weighted by Crippen LogP contribution is -2.27. The van der Waals surface area contributed by atoms with E-state index < -0.39 is 0 Å². The predicted molar refractivity (Wildman–Crippen MR) is 94.4 cm³/mol. The van der Waals surface area contributed by atoms with E-state index in [1.165, 1.54) is 16.0 Å². The Kier molecular flexibility index (Phi) is 6.53. The number of aryl methyl sites for hydroxylation is 1. The van der Waals surface area contributed by atoms with Crippen LogP contribution in [0.2, 0.25) is 0 Å². The molecule has 2 aromatic carbocycles. The number of carbonyl (C=O) groups is 1. The first kappa shape index (κ1) is 16.6. The van der Waals surface area contributed by atoms with Gasteiger partial charge in [-0.15, -0.1) is 11.8 Å². The van der Waals surface area contributed by atoms with Crippen LogP contribution in [0.1, 0.15) is 30.4 Å². The van der Waals surface area contributed by atoms with Gasteiger partial charge in [0.2, 0.25) is 5.91 Å². The molecule has 116 valence electrons. The van der Waals surface area contributed by atoms with Gasteiger partial charge in [-0.2, -0.15) is 0 Å². The molecule has 0 saturated carbocycles. The third kappa shape index (κ3) is 5.57. The Morgan fingerprint density at radius 3 is 2.45 bits per heavy atom. The Morgan fingerprint density at radius 1 is 1.09 bits per heavy atom. The summed E-state index contributed by atoms with van der Waals surface area (Å²) in [5, 5.41) is 3.02. The van der Waals surface area contributed by atoms with Crippen molar-refractivity contribution in [3.63, 3.8) is 0 Å². The highest BCUT2D eigenvalue weighted by atomic mass is 32.2. The fourth-order valence-corrected chi connectivity index (χ4v) is 3.00. The SMILES string of the molecule is Cc1ccc(SCCC(=O)NC[C@@H](C)c2ccccc2)cc1. The number of hydrogen-bond acceptors (Lipinski definition) is 2. The Morgan fingerprint density at radius 2 is 1.77 bits per heavy atom. The average molecular weight is 313 g/mol. The average Bonchev–Trinajstić information content (AvgIpc) is 2.55. The zero-order chi connectivity index (χ0) is 15.8. The minimum atomic E-state index is 0.127. The molecule has 1 atom stereocenters. The van der Waals surface area contributed by atoms with E-state index in [9.17, 15) is 4.79 Å². The molecule has 3 heteroatoms. The highest BCUT2D eigenvalue weighted by Gasteiger charge is 2.07. The first-order chi connectivity index (χ1) is 10.6. The van der Waals surface area contributed by atoms with Crippen LogP contribution in [-0.2, 0) is 4.79 Å². The number of benzene rings is 2. The topological polar surface area (TPSA) is 29.1 Å². The van der Waals surface area contributed by atoms with Gasteiger partial charge in [-0.1, -0.05) is 55.0 Å². The molecule has 0 saturated heterocycles. The highest BCUT2D eigenvalue weighted by molar-refractivity contribution is 7.99. The third-order valence-corrected chi connectivity index (χ3v) is 4.61. The summed E-state index contributed by atoms with van der Waals surface area (Å²) in [7, 11) is 0. The Labute approximate surface area is 137 Å². The molecule has 1 amide bonds. The van der Waals surface area contributed by atoms with Crippen LogP contribution in [-0.4, -0.2) is 18.2 Å². The number of nitrogens with one attached hydrogen (secondary N) is 1. The molecule has 0 bridgehead atoms. The Hall–Kier alpha value is -1.74. The number of amides is 1. The van der Waals surface area contributed by atoms with Gasteiger partial charge in [0, 0.05) is 23.6 Å². The molecule has 0 aromatic heterocycles. The smallest absolute Gasteiger partial charge is 0.220 e. The first-order valence-electron chi connectivity index (χ1n) is 7.66. The van der Waals surface area contributed by atoms with Crippen molar-refractivity contribution in [3.05, 3.63) is 65.7 Å². The largest absolute Gasteiger partial charge is 0.355 e. The molecule has 0 radical (unpaired) electrons. The van der Waals surface area contributed by atoms with E-state index in [1.807, 2.05) is 18.2 Å². The third-order valence-electron chi connectivity index (χ3n) is 3.59. The van der Waals surface area contributed by atoms with E-state index >= 15 is 0 Å². The Balaban J connectivity index is 1.66. The van der Waals surface area contributed by atoms with Gasteiger partial charge in [-0.3, -0.25) is 4.79 Å². The summed E-state index contributed by atoms with van der Waals surface area (Å²) in [5.74, 6) is 1.28. The second-order valence-electron chi connectivity index (χ2n) is 5.53. The maximum absolute atomic E-state index is 11.9. The quantitative estimate of drug-likeness (QED) is 0.768. The molecular weight excluding hydrogens is 290 g/mol. The van der Waals surface area contributed by atoms with Gasteiger partial charge in [0.15, 0.2) is 0 Å². The minimum absolute atomic E-state index is 0.127. The van der Waals surface area contributed by atoms with Crippen molar-refractivity contribution in [3.8, 4) is 0 Å². The highest BCUT2D eigenvalue weighted by Crippen LogP contribution is 2.19. The molecule has 0 aliphatic rings. The lowest BCUT2D eigenvalue weighted by molar-refractivity contribution is -0.120. The normalized spacial score (nSPS) is 11.9. The molecule has 22 heavy (non-hydrogen) atoms. The van der Waals surface area contributed by atoms with Crippen molar-refractivity contribution in [2.24, 2.45) is 0 Å². The molecule has 0 aliphatic heterocycles. The van der Waals surface area contributed by atoms with Gasteiger partial charge in [-0.25, -0.2) is 0 Å². The number of carbonyl (C=O) groups excluding carboxylic acids is 1. The van der Waals surface area contributed by atoms with E-state index in [0.717, 1.165) is 5.75 Å². The monoisotopic (exact) mass is 313 g/mol. The summed E-state index contributed by atoms with van der Waals surface area (Å²) in [5.41, 5.74) is 2.52. The molecule has 0 spiro atoms.